The fourth-order valence-electron chi connectivity index (χ4n) is 2.69. The van der Waals surface area contributed by atoms with Gasteiger partial charge in [0.25, 0.3) is 0 Å². The van der Waals surface area contributed by atoms with Crippen LogP contribution in [0.2, 0.25) is 0 Å². The van der Waals surface area contributed by atoms with Crippen molar-refractivity contribution in [2.45, 2.75) is 51.5 Å². The van der Waals surface area contributed by atoms with Crippen LogP contribution in [-0.4, -0.2) is 22.4 Å². The quantitative estimate of drug-likeness (QED) is 0.813. The maximum Gasteiger partial charge on any atom is 0.0637 e. The minimum absolute atomic E-state index is 0.740. The highest BCUT2D eigenvalue weighted by molar-refractivity contribution is 4.99. The minimum atomic E-state index is 0.740. The molecule has 1 aromatic heterocycles. The maximum absolute atomic E-state index is 4.40. The highest BCUT2D eigenvalue weighted by Gasteiger charge is 2.15. The molecule has 1 aliphatic carbocycles. The lowest BCUT2D eigenvalue weighted by Gasteiger charge is -2.15. The molecular formula is C14H25N3. The van der Waals surface area contributed by atoms with Crippen molar-refractivity contribution in [1.29, 1.82) is 0 Å². The highest BCUT2D eigenvalue weighted by Crippen LogP contribution is 2.22. The Morgan fingerprint density at radius 2 is 2.24 bits per heavy atom. The van der Waals surface area contributed by atoms with Crippen molar-refractivity contribution in [3.05, 3.63) is 18.0 Å². The third-order valence-electron chi connectivity index (χ3n) is 3.84. The SMILES string of the molecule is CC1CCCC(NCCc2ccn(C)n2)CC1. The first-order valence-corrected chi connectivity index (χ1v) is 6.96. The highest BCUT2D eigenvalue weighted by atomic mass is 15.2. The Balaban J connectivity index is 1.67. The predicted molar refractivity (Wildman–Crippen MR) is 71.0 cm³/mol. The Labute approximate surface area is 105 Å². The number of rotatable bonds is 4. The van der Waals surface area contributed by atoms with Crippen molar-refractivity contribution in [3.63, 3.8) is 0 Å². The summed E-state index contributed by atoms with van der Waals surface area (Å²) >= 11 is 0. The molecule has 0 spiro atoms. The topological polar surface area (TPSA) is 29.9 Å². The third kappa shape index (κ3) is 4.15. The zero-order valence-electron chi connectivity index (χ0n) is 11.2. The van der Waals surface area contributed by atoms with Crippen LogP contribution in [0.15, 0.2) is 12.3 Å². The van der Waals surface area contributed by atoms with Crippen LogP contribution < -0.4 is 5.32 Å². The lowest BCUT2D eigenvalue weighted by atomic mass is 10.0. The summed E-state index contributed by atoms with van der Waals surface area (Å²) in [6, 6.07) is 2.85. The van der Waals surface area contributed by atoms with E-state index in [0.29, 0.717) is 0 Å². The second-order valence-electron chi connectivity index (χ2n) is 5.50. The van der Waals surface area contributed by atoms with Crippen LogP contribution in [0.25, 0.3) is 0 Å². The first kappa shape index (κ1) is 12.6. The lowest BCUT2D eigenvalue weighted by molar-refractivity contribution is 0.449. The van der Waals surface area contributed by atoms with E-state index in [1.54, 1.807) is 0 Å². The average molecular weight is 235 g/mol. The summed E-state index contributed by atoms with van der Waals surface area (Å²) in [7, 11) is 1.98. The number of aryl methyl sites for hydroxylation is 1. The largest absolute Gasteiger partial charge is 0.314 e. The van der Waals surface area contributed by atoms with E-state index in [4.69, 9.17) is 0 Å². The van der Waals surface area contributed by atoms with Gasteiger partial charge in [-0.25, -0.2) is 0 Å². The molecule has 0 bridgehead atoms. The number of nitrogens with one attached hydrogen (secondary N) is 1. The molecule has 17 heavy (non-hydrogen) atoms. The van der Waals surface area contributed by atoms with Crippen molar-refractivity contribution >= 4 is 0 Å². The molecule has 0 radical (unpaired) electrons. The molecule has 1 fully saturated rings. The number of hydrogen-bond acceptors (Lipinski definition) is 2. The standard InChI is InChI=1S/C14H25N3/c1-12-4-3-5-13(7-6-12)15-10-8-14-9-11-17(2)16-14/h9,11-13,15H,3-8,10H2,1-2H3. The number of hydrogen-bond donors (Lipinski definition) is 1. The summed E-state index contributed by atoms with van der Waals surface area (Å²) in [4.78, 5) is 0. The molecule has 2 atom stereocenters. The van der Waals surface area contributed by atoms with Crippen LogP contribution in [0.1, 0.15) is 44.7 Å². The molecule has 96 valence electrons. The number of aromatic nitrogens is 2. The summed E-state index contributed by atoms with van der Waals surface area (Å²) in [6.07, 6.45) is 9.97. The predicted octanol–water partition coefficient (Wildman–Crippen LogP) is 2.52. The molecule has 1 aromatic rings. The van der Waals surface area contributed by atoms with Crippen LogP contribution in [0.5, 0.6) is 0 Å². The second-order valence-corrected chi connectivity index (χ2v) is 5.50. The van der Waals surface area contributed by atoms with Crippen molar-refractivity contribution in [2.24, 2.45) is 13.0 Å². The van der Waals surface area contributed by atoms with Crippen molar-refractivity contribution in [3.8, 4) is 0 Å². The number of nitrogens with zero attached hydrogens (tertiary/aromatic N) is 2. The second kappa shape index (κ2) is 6.20. The third-order valence-corrected chi connectivity index (χ3v) is 3.84. The molecule has 0 saturated heterocycles. The molecule has 1 saturated carbocycles. The first-order valence-electron chi connectivity index (χ1n) is 6.96. The van der Waals surface area contributed by atoms with E-state index in [0.717, 1.165) is 24.9 Å². The Hall–Kier alpha value is -0.830. The van der Waals surface area contributed by atoms with Gasteiger partial charge in [0.1, 0.15) is 0 Å². The molecule has 2 unspecified atom stereocenters. The molecule has 1 heterocycles. The van der Waals surface area contributed by atoms with Gasteiger partial charge in [0.05, 0.1) is 5.69 Å². The van der Waals surface area contributed by atoms with Gasteiger partial charge in [-0.05, 0) is 31.2 Å². The molecule has 0 aliphatic heterocycles. The lowest BCUT2D eigenvalue weighted by Crippen LogP contribution is -2.30. The molecule has 1 N–H and O–H groups in total. The van der Waals surface area contributed by atoms with Gasteiger partial charge >= 0.3 is 0 Å². The Kier molecular flexibility index (Phi) is 4.60. The summed E-state index contributed by atoms with van der Waals surface area (Å²) in [5.41, 5.74) is 1.20. The van der Waals surface area contributed by atoms with Crippen LogP contribution in [-0.2, 0) is 13.5 Å². The van der Waals surface area contributed by atoms with Gasteiger partial charge in [0.2, 0.25) is 0 Å². The van der Waals surface area contributed by atoms with Gasteiger partial charge in [-0.15, -0.1) is 0 Å². The molecule has 3 heteroatoms. The monoisotopic (exact) mass is 235 g/mol. The van der Waals surface area contributed by atoms with Crippen molar-refractivity contribution in [2.75, 3.05) is 6.54 Å². The Morgan fingerprint density at radius 1 is 1.35 bits per heavy atom. The fourth-order valence-corrected chi connectivity index (χ4v) is 2.69. The fraction of sp³-hybridized carbons (Fsp3) is 0.786. The summed E-state index contributed by atoms with van der Waals surface area (Å²) in [6.45, 7) is 3.45. The summed E-state index contributed by atoms with van der Waals surface area (Å²) in [5.74, 6) is 0.928. The smallest absolute Gasteiger partial charge is 0.0637 e. The van der Waals surface area contributed by atoms with E-state index in [2.05, 4.69) is 23.4 Å². The van der Waals surface area contributed by atoms with E-state index in [-0.39, 0.29) is 0 Å². The molecule has 0 amide bonds. The van der Waals surface area contributed by atoms with Gasteiger partial charge in [-0.2, -0.15) is 5.10 Å². The molecule has 1 aliphatic rings. The summed E-state index contributed by atoms with van der Waals surface area (Å²) in [5, 5.41) is 8.09. The van der Waals surface area contributed by atoms with E-state index in [1.165, 1.54) is 37.8 Å². The molecular weight excluding hydrogens is 210 g/mol. The van der Waals surface area contributed by atoms with E-state index in [9.17, 15) is 0 Å². The van der Waals surface area contributed by atoms with Gasteiger partial charge in [0.15, 0.2) is 0 Å². The van der Waals surface area contributed by atoms with E-state index < -0.39 is 0 Å². The minimum Gasteiger partial charge on any atom is -0.314 e. The van der Waals surface area contributed by atoms with Crippen molar-refractivity contribution in [1.82, 2.24) is 15.1 Å². The van der Waals surface area contributed by atoms with Gasteiger partial charge < -0.3 is 5.32 Å². The zero-order valence-corrected chi connectivity index (χ0v) is 11.2. The molecule has 3 nitrogen and oxygen atoms in total. The van der Waals surface area contributed by atoms with E-state index >= 15 is 0 Å². The maximum atomic E-state index is 4.40. The van der Waals surface area contributed by atoms with Gasteiger partial charge in [-0.3, -0.25) is 4.68 Å². The molecule has 0 aromatic carbocycles. The van der Waals surface area contributed by atoms with Gasteiger partial charge in [-0.1, -0.05) is 19.8 Å². The average Bonchev–Trinajstić information content (AvgIpc) is 2.59. The van der Waals surface area contributed by atoms with Crippen LogP contribution in [0, 0.1) is 5.92 Å². The van der Waals surface area contributed by atoms with Crippen molar-refractivity contribution < 1.29 is 0 Å². The van der Waals surface area contributed by atoms with Crippen LogP contribution in [0.4, 0.5) is 0 Å². The van der Waals surface area contributed by atoms with Crippen LogP contribution >= 0.6 is 0 Å². The first-order chi connectivity index (χ1) is 8.24. The van der Waals surface area contributed by atoms with E-state index in [1.807, 2.05) is 17.9 Å². The Morgan fingerprint density at radius 3 is 3.00 bits per heavy atom. The normalized spacial score (nSPS) is 25.8. The van der Waals surface area contributed by atoms with Crippen LogP contribution in [0.3, 0.4) is 0 Å². The zero-order chi connectivity index (χ0) is 12.1. The Bertz CT molecular complexity index is 332. The molecule has 2 rings (SSSR count). The summed E-state index contributed by atoms with van der Waals surface area (Å²) < 4.78 is 1.88. The van der Waals surface area contributed by atoms with Gasteiger partial charge in [0, 0.05) is 32.3 Å².